The van der Waals surface area contributed by atoms with Crippen molar-refractivity contribution in [3.63, 3.8) is 0 Å². The number of aromatic nitrogens is 1. The molecule has 3 rings (SSSR count). The number of nitrogens with zero attached hydrogens (tertiary/aromatic N) is 2. The minimum absolute atomic E-state index is 0.0927. The van der Waals surface area contributed by atoms with Gasteiger partial charge < -0.3 is 15.0 Å². The Bertz CT molecular complexity index is 745. The van der Waals surface area contributed by atoms with E-state index in [1.807, 2.05) is 43.5 Å². The van der Waals surface area contributed by atoms with Crippen LogP contribution in [0.25, 0.3) is 0 Å². The Morgan fingerprint density at radius 2 is 2.00 bits per heavy atom. The summed E-state index contributed by atoms with van der Waals surface area (Å²) in [5.74, 6) is 0.656. The van der Waals surface area contributed by atoms with Crippen LogP contribution in [0.1, 0.15) is 21.6 Å². The standard InChI is InChI=1S/C19H23N3O2S/c1-14-7-8-16(18(21-14)22-9-11-24-12-10-22)19(23)20-13-15-5-3-4-6-17(15)25-2/h3-8H,9-13H2,1-2H3,(H,20,23). The van der Waals surface area contributed by atoms with Gasteiger partial charge in [0.25, 0.3) is 5.91 Å². The van der Waals surface area contributed by atoms with Crippen LogP contribution in [0.2, 0.25) is 0 Å². The molecule has 6 heteroatoms. The number of anilines is 1. The molecule has 1 fully saturated rings. The van der Waals surface area contributed by atoms with Gasteiger partial charge in [0.15, 0.2) is 0 Å². The van der Waals surface area contributed by atoms with Gasteiger partial charge in [-0.25, -0.2) is 4.98 Å². The van der Waals surface area contributed by atoms with Gasteiger partial charge in [0.2, 0.25) is 0 Å². The molecule has 1 aromatic carbocycles. The Balaban J connectivity index is 1.77. The molecule has 2 heterocycles. The second-order valence-corrected chi connectivity index (χ2v) is 6.77. The molecule has 1 saturated heterocycles. The minimum atomic E-state index is -0.0927. The number of morpholine rings is 1. The molecule has 1 N–H and O–H groups in total. The summed E-state index contributed by atoms with van der Waals surface area (Å²) in [4.78, 5) is 20.7. The number of hydrogen-bond acceptors (Lipinski definition) is 5. The molecule has 25 heavy (non-hydrogen) atoms. The maximum absolute atomic E-state index is 12.8. The molecular weight excluding hydrogens is 334 g/mol. The van der Waals surface area contributed by atoms with Crippen LogP contribution in [-0.2, 0) is 11.3 Å². The molecule has 1 amide bonds. The van der Waals surface area contributed by atoms with Crippen molar-refractivity contribution >= 4 is 23.5 Å². The van der Waals surface area contributed by atoms with Gasteiger partial charge in [0.05, 0.1) is 18.8 Å². The van der Waals surface area contributed by atoms with Crippen molar-refractivity contribution in [1.82, 2.24) is 10.3 Å². The average Bonchev–Trinajstić information content (AvgIpc) is 2.67. The lowest BCUT2D eigenvalue weighted by Crippen LogP contribution is -2.38. The van der Waals surface area contributed by atoms with E-state index in [0.717, 1.165) is 30.2 Å². The zero-order valence-electron chi connectivity index (χ0n) is 14.6. The molecule has 0 aliphatic carbocycles. The van der Waals surface area contributed by atoms with Crippen molar-refractivity contribution in [1.29, 1.82) is 0 Å². The highest BCUT2D eigenvalue weighted by Crippen LogP contribution is 2.22. The van der Waals surface area contributed by atoms with E-state index in [0.29, 0.717) is 25.3 Å². The molecule has 1 aliphatic heterocycles. The third-order valence-corrected chi connectivity index (χ3v) is 5.04. The molecule has 0 bridgehead atoms. The lowest BCUT2D eigenvalue weighted by Gasteiger charge is -2.29. The number of pyridine rings is 1. The Labute approximate surface area is 152 Å². The van der Waals surface area contributed by atoms with Gasteiger partial charge in [-0.2, -0.15) is 0 Å². The lowest BCUT2D eigenvalue weighted by molar-refractivity contribution is 0.0948. The van der Waals surface area contributed by atoms with Gasteiger partial charge in [-0.05, 0) is 36.9 Å². The number of benzene rings is 1. The fourth-order valence-corrected chi connectivity index (χ4v) is 3.47. The molecule has 1 aromatic heterocycles. The summed E-state index contributed by atoms with van der Waals surface area (Å²) in [6.45, 7) is 5.29. The van der Waals surface area contributed by atoms with Crippen LogP contribution in [-0.4, -0.2) is 43.5 Å². The van der Waals surface area contributed by atoms with Crippen molar-refractivity contribution in [2.24, 2.45) is 0 Å². The third kappa shape index (κ3) is 4.32. The maximum atomic E-state index is 12.8. The maximum Gasteiger partial charge on any atom is 0.255 e. The molecular formula is C19H23N3O2S. The topological polar surface area (TPSA) is 54.5 Å². The highest BCUT2D eigenvalue weighted by atomic mass is 32.2. The molecule has 0 atom stereocenters. The molecule has 0 saturated carbocycles. The monoisotopic (exact) mass is 357 g/mol. The second kappa shape index (κ2) is 8.36. The first-order valence-electron chi connectivity index (χ1n) is 8.39. The van der Waals surface area contributed by atoms with Crippen LogP contribution in [0.15, 0.2) is 41.3 Å². The van der Waals surface area contributed by atoms with Crippen LogP contribution >= 0.6 is 11.8 Å². The number of carbonyl (C=O) groups is 1. The molecule has 0 unspecified atom stereocenters. The van der Waals surface area contributed by atoms with Crippen LogP contribution in [0.5, 0.6) is 0 Å². The number of aryl methyl sites for hydroxylation is 1. The second-order valence-electron chi connectivity index (χ2n) is 5.92. The van der Waals surface area contributed by atoms with Gasteiger partial charge in [0, 0.05) is 30.2 Å². The fraction of sp³-hybridized carbons (Fsp3) is 0.368. The Hall–Kier alpha value is -2.05. The van der Waals surface area contributed by atoms with E-state index in [9.17, 15) is 4.79 Å². The van der Waals surface area contributed by atoms with Crippen LogP contribution in [0.3, 0.4) is 0 Å². The molecule has 2 aromatic rings. The number of ether oxygens (including phenoxy) is 1. The first-order valence-corrected chi connectivity index (χ1v) is 9.62. The predicted octanol–water partition coefficient (Wildman–Crippen LogP) is 2.88. The number of hydrogen-bond donors (Lipinski definition) is 1. The highest BCUT2D eigenvalue weighted by molar-refractivity contribution is 7.98. The summed E-state index contributed by atoms with van der Waals surface area (Å²) in [6, 6.07) is 11.9. The largest absolute Gasteiger partial charge is 0.378 e. The van der Waals surface area contributed by atoms with Crippen molar-refractivity contribution < 1.29 is 9.53 Å². The predicted molar refractivity (Wildman–Crippen MR) is 101 cm³/mol. The SMILES string of the molecule is CSc1ccccc1CNC(=O)c1ccc(C)nc1N1CCOCC1. The summed E-state index contributed by atoms with van der Waals surface area (Å²) in [5.41, 5.74) is 2.65. The summed E-state index contributed by atoms with van der Waals surface area (Å²) in [7, 11) is 0. The molecule has 1 aliphatic rings. The highest BCUT2D eigenvalue weighted by Gasteiger charge is 2.20. The third-order valence-electron chi connectivity index (χ3n) is 4.20. The van der Waals surface area contributed by atoms with E-state index in [4.69, 9.17) is 4.74 Å². The molecule has 0 spiro atoms. The average molecular weight is 357 g/mol. The van der Waals surface area contributed by atoms with E-state index in [1.165, 1.54) is 4.90 Å². The van der Waals surface area contributed by atoms with Crippen molar-refractivity contribution in [2.45, 2.75) is 18.4 Å². The molecule has 0 radical (unpaired) electrons. The van der Waals surface area contributed by atoms with Crippen molar-refractivity contribution in [3.8, 4) is 0 Å². The van der Waals surface area contributed by atoms with E-state index >= 15 is 0 Å². The zero-order chi connectivity index (χ0) is 17.6. The first kappa shape index (κ1) is 17.8. The van der Waals surface area contributed by atoms with Gasteiger partial charge in [-0.3, -0.25) is 4.79 Å². The number of carbonyl (C=O) groups excluding carboxylic acids is 1. The Morgan fingerprint density at radius 1 is 1.24 bits per heavy atom. The first-order chi connectivity index (χ1) is 12.2. The van der Waals surface area contributed by atoms with Gasteiger partial charge in [-0.1, -0.05) is 18.2 Å². The zero-order valence-corrected chi connectivity index (χ0v) is 15.4. The van der Waals surface area contributed by atoms with Crippen molar-refractivity contribution in [2.75, 3.05) is 37.5 Å². The van der Waals surface area contributed by atoms with E-state index in [2.05, 4.69) is 21.3 Å². The van der Waals surface area contributed by atoms with Crippen molar-refractivity contribution in [3.05, 3.63) is 53.2 Å². The van der Waals surface area contributed by atoms with Gasteiger partial charge in [0.1, 0.15) is 5.82 Å². The molecule has 132 valence electrons. The lowest BCUT2D eigenvalue weighted by atomic mass is 10.1. The van der Waals surface area contributed by atoms with E-state index in [1.54, 1.807) is 11.8 Å². The quantitative estimate of drug-likeness (QED) is 0.834. The smallest absolute Gasteiger partial charge is 0.255 e. The number of amides is 1. The number of rotatable bonds is 5. The number of thioether (sulfide) groups is 1. The summed E-state index contributed by atoms with van der Waals surface area (Å²) in [6.07, 6.45) is 2.04. The van der Waals surface area contributed by atoms with Crippen LogP contribution in [0, 0.1) is 6.92 Å². The minimum Gasteiger partial charge on any atom is -0.378 e. The van der Waals surface area contributed by atoms with Gasteiger partial charge >= 0.3 is 0 Å². The summed E-state index contributed by atoms with van der Waals surface area (Å²) in [5, 5.41) is 3.04. The van der Waals surface area contributed by atoms with Gasteiger partial charge in [-0.15, -0.1) is 11.8 Å². The fourth-order valence-electron chi connectivity index (χ4n) is 2.86. The molecule has 5 nitrogen and oxygen atoms in total. The summed E-state index contributed by atoms with van der Waals surface area (Å²) < 4.78 is 5.41. The van der Waals surface area contributed by atoms with Crippen LogP contribution < -0.4 is 10.2 Å². The Morgan fingerprint density at radius 3 is 2.76 bits per heavy atom. The Kier molecular flexibility index (Phi) is 5.94. The normalized spacial score (nSPS) is 14.4. The van der Waals surface area contributed by atoms with E-state index in [-0.39, 0.29) is 5.91 Å². The summed E-state index contributed by atoms with van der Waals surface area (Å²) >= 11 is 1.68. The number of nitrogens with one attached hydrogen (secondary N) is 1. The van der Waals surface area contributed by atoms with Crippen LogP contribution in [0.4, 0.5) is 5.82 Å². The van der Waals surface area contributed by atoms with E-state index < -0.39 is 0 Å².